The van der Waals surface area contributed by atoms with Gasteiger partial charge in [0.05, 0.1) is 0 Å². The topological polar surface area (TPSA) is 0 Å². The van der Waals surface area contributed by atoms with Crippen molar-refractivity contribution in [2.24, 2.45) is 0 Å². The van der Waals surface area contributed by atoms with Gasteiger partial charge in [-0.25, -0.2) is 0 Å². The van der Waals surface area contributed by atoms with Crippen LogP contribution in [0.2, 0.25) is 0 Å². The second kappa shape index (κ2) is 2.90. The second-order valence-electron chi connectivity index (χ2n) is 2.24. The fraction of sp³-hybridized carbons (Fsp3) is 0.429. The Balaban J connectivity index is 3.99. The number of hydrogen-bond acceptors (Lipinski definition) is 0. The zero-order chi connectivity index (χ0) is 8.36. The maximum atomic E-state index is 11.7. The Labute approximate surface area is 58.0 Å². The van der Waals surface area contributed by atoms with E-state index in [2.05, 4.69) is 13.2 Å². The van der Waals surface area contributed by atoms with E-state index >= 15 is 0 Å². The van der Waals surface area contributed by atoms with Gasteiger partial charge in [0.25, 0.3) is 0 Å². The van der Waals surface area contributed by atoms with Gasteiger partial charge in [-0.2, -0.15) is 13.2 Å². The van der Waals surface area contributed by atoms with Crippen LogP contribution in [0.15, 0.2) is 24.3 Å². The van der Waals surface area contributed by atoms with Gasteiger partial charge in [-0.05, 0) is 13.3 Å². The van der Waals surface area contributed by atoms with E-state index in [-0.39, 0.29) is 6.42 Å². The number of rotatable bonds is 2. The molecule has 0 aliphatic carbocycles. The summed E-state index contributed by atoms with van der Waals surface area (Å²) in [6, 6.07) is 0. The molecule has 0 aromatic carbocycles. The Kier molecular flexibility index (Phi) is 2.69. The van der Waals surface area contributed by atoms with Crippen molar-refractivity contribution in [3.8, 4) is 0 Å². The number of alkyl halides is 3. The van der Waals surface area contributed by atoms with E-state index in [0.29, 0.717) is 5.57 Å². The average Bonchev–Trinajstić information content (AvgIpc) is 1.60. The molecule has 0 aliphatic heterocycles. The van der Waals surface area contributed by atoms with E-state index in [1.54, 1.807) is 0 Å². The highest BCUT2D eigenvalue weighted by Gasteiger charge is 2.30. The summed E-state index contributed by atoms with van der Waals surface area (Å²) in [5.74, 6) is 0. The minimum absolute atomic E-state index is 0.163. The van der Waals surface area contributed by atoms with Gasteiger partial charge in [-0.1, -0.05) is 18.7 Å². The standard InChI is InChI=1S/C7H9F3/c1-5(2)4-6(3)7(8,9)10/h1,3-4H2,2H3. The normalized spacial score (nSPS) is 11.2. The van der Waals surface area contributed by atoms with Crippen LogP contribution >= 0.6 is 0 Å². The summed E-state index contributed by atoms with van der Waals surface area (Å²) in [4.78, 5) is 0. The Hall–Kier alpha value is -0.730. The monoisotopic (exact) mass is 150 g/mol. The third-order valence-corrected chi connectivity index (χ3v) is 0.916. The number of hydrogen-bond donors (Lipinski definition) is 0. The zero-order valence-electron chi connectivity index (χ0n) is 5.76. The first kappa shape index (κ1) is 9.27. The fourth-order valence-corrected chi connectivity index (χ4v) is 0.464. The summed E-state index contributed by atoms with van der Waals surface area (Å²) in [7, 11) is 0. The molecule has 0 fully saturated rings. The average molecular weight is 150 g/mol. The maximum Gasteiger partial charge on any atom is 0.412 e. The van der Waals surface area contributed by atoms with E-state index < -0.39 is 11.7 Å². The van der Waals surface area contributed by atoms with Crippen LogP contribution in [0.1, 0.15) is 13.3 Å². The highest BCUT2D eigenvalue weighted by atomic mass is 19.4. The van der Waals surface area contributed by atoms with Crippen LogP contribution in [0.4, 0.5) is 13.2 Å². The quantitative estimate of drug-likeness (QED) is 0.530. The van der Waals surface area contributed by atoms with E-state index in [9.17, 15) is 13.2 Å². The molecule has 0 aromatic heterocycles. The predicted octanol–water partition coefficient (Wildman–Crippen LogP) is 3.07. The van der Waals surface area contributed by atoms with Crippen molar-refractivity contribution < 1.29 is 13.2 Å². The molecule has 0 saturated heterocycles. The van der Waals surface area contributed by atoms with E-state index in [1.165, 1.54) is 6.92 Å². The van der Waals surface area contributed by atoms with Gasteiger partial charge in [0.15, 0.2) is 0 Å². The molecule has 0 aliphatic rings. The summed E-state index contributed by atoms with van der Waals surface area (Å²) < 4.78 is 35.0. The summed E-state index contributed by atoms with van der Waals surface area (Å²) in [5.41, 5.74) is -0.262. The van der Waals surface area contributed by atoms with Crippen molar-refractivity contribution in [1.82, 2.24) is 0 Å². The van der Waals surface area contributed by atoms with Gasteiger partial charge in [0.1, 0.15) is 0 Å². The molecular formula is C7H9F3. The molecule has 0 radical (unpaired) electrons. The van der Waals surface area contributed by atoms with E-state index in [1.807, 2.05) is 0 Å². The van der Waals surface area contributed by atoms with Crippen LogP contribution in [-0.2, 0) is 0 Å². The lowest BCUT2D eigenvalue weighted by atomic mass is 10.1. The third-order valence-electron chi connectivity index (χ3n) is 0.916. The predicted molar refractivity (Wildman–Crippen MR) is 34.6 cm³/mol. The molecule has 0 atom stereocenters. The molecular weight excluding hydrogens is 141 g/mol. The molecule has 0 unspecified atom stereocenters. The third kappa shape index (κ3) is 3.33. The fourth-order valence-electron chi connectivity index (χ4n) is 0.464. The van der Waals surface area contributed by atoms with Gasteiger partial charge in [-0.15, -0.1) is 0 Å². The minimum atomic E-state index is -4.26. The Morgan fingerprint density at radius 2 is 1.70 bits per heavy atom. The minimum Gasteiger partial charge on any atom is -0.166 e. The van der Waals surface area contributed by atoms with Gasteiger partial charge in [0.2, 0.25) is 0 Å². The van der Waals surface area contributed by atoms with Gasteiger partial charge in [-0.3, -0.25) is 0 Å². The van der Waals surface area contributed by atoms with Gasteiger partial charge < -0.3 is 0 Å². The second-order valence-corrected chi connectivity index (χ2v) is 2.24. The van der Waals surface area contributed by atoms with Crippen LogP contribution in [0.25, 0.3) is 0 Å². The highest BCUT2D eigenvalue weighted by molar-refractivity contribution is 5.11. The lowest BCUT2D eigenvalue weighted by molar-refractivity contribution is -0.0927. The molecule has 0 bridgehead atoms. The van der Waals surface area contributed by atoms with Crippen LogP contribution < -0.4 is 0 Å². The summed E-state index contributed by atoms with van der Waals surface area (Å²) >= 11 is 0. The molecule has 3 heteroatoms. The molecule has 0 amide bonds. The van der Waals surface area contributed by atoms with Gasteiger partial charge in [0, 0.05) is 5.57 Å². The Morgan fingerprint density at radius 1 is 1.30 bits per heavy atom. The molecule has 0 nitrogen and oxygen atoms in total. The lowest BCUT2D eigenvalue weighted by Gasteiger charge is -2.08. The maximum absolute atomic E-state index is 11.7. The Bertz CT molecular complexity index is 153. The molecule has 0 rings (SSSR count). The van der Waals surface area contributed by atoms with E-state index in [4.69, 9.17) is 0 Å². The summed E-state index contributed by atoms with van der Waals surface area (Å²) in [5, 5.41) is 0. The molecule has 0 spiro atoms. The van der Waals surface area contributed by atoms with Crippen molar-refractivity contribution in [1.29, 1.82) is 0 Å². The van der Waals surface area contributed by atoms with Crippen molar-refractivity contribution in [3.63, 3.8) is 0 Å². The first-order valence-electron chi connectivity index (χ1n) is 2.73. The molecule has 0 heterocycles. The number of allylic oxidation sites excluding steroid dienone is 2. The van der Waals surface area contributed by atoms with Crippen molar-refractivity contribution >= 4 is 0 Å². The SMILES string of the molecule is C=C(C)CC(=C)C(F)(F)F. The Morgan fingerprint density at radius 3 is 1.80 bits per heavy atom. The zero-order valence-corrected chi connectivity index (χ0v) is 5.76. The van der Waals surface area contributed by atoms with Crippen LogP contribution in [-0.4, -0.2) is 6.18 Å². The van der Waals surface area contributed by atoms with Crippen molar-refractivity contribution in [2.45, 2.75) is 19.5 Å². The highest BCUT2D eigenvalue weighted by Crippen LogP contribution is 2.27. The first-order chi connectivity index (χ1) is 4.34. The lowest BCUT2D eigenvalue weighted by Crippen LogP contribution is -2.10. The van der Waals surface area contributed by atoms with Crippen LogP contribution in [0.3, 0.4) is 0 Å². The van der Waals surface area contributed by atoms with Gasteiger partial charge >= 0.3 is 6.18 Å². The summed E-state index contributed by atoms with van der Waals surface area (Å²) in [6.07, 6.45) is -4.43. The smallest absolute Gasteiger partial charge is 0.166 e. The molecule has 0 N–H and O–H groups in total. The van der Waals surface area contributed by atoms with E-state index in [0.717, 1.165) is 0 Å². The van der Waals surface area contributed by atoms with Crippen molar-refractivity contribution in [3.05, 3.63) is 24.3 Å². The van der Waals surface area contributed by atoms with Crippen LogP contribution in [0, 0.1) is 0 Å². The largest absolute Gasteiger partial charge is 0.412 e. The van der Waals surface area contributed by atoms with Crippen molar-refractivity contribution in [2.75, 3.05) is 0 Å². The molecule has 0 aromatic rings. The molecule has 0 saturated carbocycles. The number of halogens is 3. The van der Waals surface area contributed by atoms with Crippen LogP contribution in [0.5, 0.6) is 0 Å². The first-order valence-corrected chi connectivity index (χ1v) is 2.73. The molecule has 58 valence electrons. The summed E-state index contributed by atoms with van der Waals surface area (Å²) in [6.45, 7) is 7.77. The molecule has 10 heavy (non-hydrogen) atoms.